The third-order valence-electron chi connectivity index (χ3n) is 3.25. The molecule has 1 aliphatic heterocycles. The van der Waals surface area contributed by atoms with E-state index < -0.39 is 30.2 Å². The zero-order valence-corrected chi connectivity index (χ0v) is 11.0. The molecule has 1 heterocycles. The van der Waals surface area contributed by atoms with Crippen LogP contribution in [0, 0.1) is 0 Å². The maximum absolute atomic E-state index is 11.9. The molecule has 1 atom stereocenters. The number of hydrogen-bond donors (Lipinski definition) is 2. The highest BCUT2D eigenvalue weighted by Gasteiger charge is 2.36. The minimum atomic E-state index is -1.21. The van der Waals surface area contributed by atoms with Crippen molar-refractivity contribution in [3.8, 4) is 0 Å². The Morgan fingerprint density at radius 1 is 1.35 bits per heavy atom. The fourth-order valence-electron chi connectivity index (χ4n) is 2.23. The number of aliphatic hydroxyl groups excluding tert-OH is 1. The number of benzene rings is 1. The van der Waals surface area contributed by atoms with Crippen molar-refractivity contribution in [1.82, 2.24) is 0 Å². The molecule has 1 aromatic carbocycles. The molecule has 0 spiro atoms. The summed E-state index contributed by atoms with van der Waals surface area (Å²) in [6.45, 7) is 1.74. The largest absolute Gasteiger partial charge is 0.481 e. The van der Waals surface area contributed by atoms with Gasteiger partial charge in [0.15, 0.2) is 0 Å². The van der Waals surface area contributed by atoms with E-state index in [1.807, 2.05) is 6.92 Å². The highest BCUT2D eigenvalue weighted by atomic mass is 16.4. The lowest BCUT2D eigenvalue weighted by Crippen LogP contribution is -2.37. The highest BCUT2D eigenvalue weighted by molar-refractivity contribution is 6.52. The lowest BCUT2D eigenvalue weighted by atomic mass is 10.1. The number of aryl methyl sites for hydroxylation is 1. The SMILES string of the molecule is CCc1ccc2c(c1)C(=O)C(=O)N2CC(O)CC(=O)O. The number of aliphatic hydroxyl groups is 1. The maximum atomic E-state index is 11.9. The molecule has 6 nitrogen and oxygen atoms in total. The average molecular weight is 277 g/mol. The Balaban J connectivity index is 2.27. The molecule has 0 fully saturated rings. The van der Waals surface area contributed by atoms with Crippen LogP contribution in [0.1, 0.15) is 29.3 Å². The van der Waals surface area contributed by atoms with Gasteiger partial charge in [-0.2, -0.15) is 0 Å². The number of nitrogens with zero attached hydrogens (tertiary/aromatic N) is 1. The van der Waals surface area contributed by atoms with E-state index in [1.165, 1.54) is 0 Å². The number of rotatable bonds is 5. The van der Waals surface area contributed by atoms with Crippen LogP contribution >= 0.6 is 0 Å². The third-order valence-corrected chi connectivity index (χ3v) is 3.25. The van der Waals surface area contributed by atoms with Crippen LogP contribution in [-0.4, -0.2) is 40.5 Å². The monoisotopic (exact) mass is 277 g/mol. The van der Waals surface area contributed by atoms with Gasteiger partial charge in [0.05, 0.1) is 30.3 Å². The van der Waals surface area contributed by atoms with Gasteiger partial charge in [0.1, 0.15) is 0 Å². The normalized spacial score (nSPS) is 15.4. The standard InChI is InChI=1S/C14H15NO5/c1-2-8-3-4-11-10(5-8)13(19)14(20)15(11)7-9(16)6-12(17)18/h3-5,9,16H,2,6-7H2,1H3,(H,17,18). The number of amides is 1. The Labute approximate surface area is 115 Å². The smallest absolute Gasteiger partial charge is 0.306 e. The number of aliphatic carboxylic acids is 1. The van der Waals surface area contributed by atoms with Crippen LogP contribution < -0.4 is 4.90 Å². The quantitative estimate of drug-likeness (QED) is 0.769. The minimum Gasteiger partial charge on any atom is -0.481 e. The molecular weight excluding hydrogens is 262 g/mol. The minimum absolute atomic E-state index is 0.199. The van der Waals surface area contributed by atoms with Crippen molar-refractivity contribution in [2.45, 2.75) is 25.9 Å². The fraction of sp³-hybridized carbons (Fsp3) is 0.357. The number of carbonyl (C=O) groups is 3. The molecule has 0 bridgehead atoms. The van der Waals surface area contributed by atoms with Crippen LogP contribution in [0.25, 0.3) is 0 Å². The molecular formula is C14H15NO5. The van der Waals surface area contributed by atoms with Gasteiger partial charge in [0.2, 0.25) is 0 Å². The number of β-amino-alcohol motifs (C(OH)–C–C–N with tert-alkyl or cyclic N) is 1. The Bertz CT molecular complexity index is 581. The number of fused-ring (bicyclic) bond motifs is 1. The van der Waals surface area contributed by atoms with Crippen LogP contribution in [0.15, 0.2) is 18.2 Å². The molecule has 2 rings (SSSR count). The van der Waals surface area contributed by atoms with Gasteiger partial charge >= 0.3 is 5.97 Å². The van der Waals surface area contributed by atoms with Crippen molar-refractivity contribution < 1.29 is 24.6 Å². The number of ketones is 1. The van der Waals surface area contributed by atoms with E-state index in [0.29, 0.717) is 11.3 Å². The molecule has 20 heavy (non-hydrogen) atoms. The van der Waals surface area contributed by atoms with E-state index in [-0.39, 0.29) is 6.54 Å². The number of hydrogen-bond acceptors (Lipinski definition) is 4. The van der Waals surface area contributed by atoms with Crippen molar-refractivity contribution in [3.05, 3.63) is 29.3 Å². The fourth-order valence-corrected chi connectivity index (χ4v) is 2.23. The summed E-state index contributed by atoms with van der Waals surface area (Å²) in [5.41, 5.74) is 1.69. The summed E-state index contributed by atoms with van der Waals surface area (Å²) in [4.78, 5) is 35.5. The van der Waals surface area contributed by atoms with Crippen molar-refractivity contribution >= 4 is 23.3 Å². The zero-order chi connectivity index (χ0) is 14.9. The lowest BCUT2D eigenvalue weighted by molar-refractivity contribution is -0.139. The van der Waals surface area contributed by atoms with Crippen molar-refractivity contribution in [1.29, 1.82) is 0 Å². The summed E-state index contributed by atoms with van der Waals surface area (Å²) in [5.74, 6) is -2.49. The summed E-state index contributed by atoms with van der Waals surface area (Å²) in [6, 6.07) is 5.13. The Kier molecular flexibility index (Phi) is 3.85. The van der Waals surface area contributed by atoms with E-state index in [1.54, 1.807) is 18.2 Å². The first-order chi connectivity index (χ1) is 9.43. The van der Waals surface area contributed by atoms with Gasteiger partial charge in [-0.25, -0.2) is 0 Å². The van der Waals surface area contributed by atoms with Crippen molar-refractivity contribution in [3.63, 3.8) is 0 Å². The van der Waals surface area contributed by atoms with Crippen LogP contribution in [-0.2, 0) is 16.0 Å². The second-order valence-electron chi connectivity index (χ2n) is 4.70. The Morgan fingerprint density at radius 2 is 2.05 bits per heavy atom. The highest BCUT2D eigenvalue weighted by Crippen LogP contribution is 2.30. The van der Waals surface area contributed by atoms with Crippen LogP contribution in [0.5, 0.6) is 0 Å². The molecule has 0 radical (unpaired) electrons. The van der Waals surface area contributed by atoms with E-state index in [2.05, 4.69) is 0 Å². The van der Waals surface area contributed by atoms with E-state index >= 15 is 0 Å². The number of carboxylic acid groups (broad SMARTS) is 1. The Hall–Kier alpha value is -2.21. The first-order valence-electron chi connectivity index (χ1n) is 6.33. The van der Waals surface area contributed by atoms with E-state index in [0.717, 1.165) is 16.9 Å². The van der Waals surface area contributed by atoms with Gasteiger partial charge in [-0.05, 0) is 24.1 Å². The molecule has 1 aromatic rings. The summed E-state index contributed by atoms with van der Waals surface area (Å²) in [5, 5.41) is 18.2. The molecule has 0 saturated heterocycles. The molecule has 106 valence electrons. The predicted octanol–water partition coefficient (Wildman–Crippen LogP) is 0.614. The predicted molar refractivity (Wildman–Crippen MR) is 70.8 cm³/mol. The van der Waals surface area contributed by atoms with Gasteiger partial charge in [-0.15, -0.1) is 0 Å². The van der Waals surface area contributed by atoms with Crippen LogP contribution in [0.2, 0.25) is 0 Å². The molecule has 6 heteroatoms. The number of carbonyl (C=O) groups excluding carboxylic acids is 2. The van der Waals surface area contributed by atoms with Gasteiger partial charge in [-0.1, -0.05) is 13.0 Å². The average Bonchev–Trinajstić information content (AvgIpc) is 2.62. The summed E-state index contributed by atoms with van der Waals surface area (Å²) < 4.78 is 0. The van der Waals surface area contributed by atoms with Gasteiger partial charge < -0.3 is 15.1 Å². The summed E-state index contributed by atoms with van der Waals surface area (Å²) in [6.07, 6.45) is -0.933. The second-order valence-corrected chi connectivity index (χ2v) is 4.70. The second kappa shape index (κ2) is 5.42. The van der Waals surface area contributed by atoms with Gasteiger partial charge in [0.25, 0.3) is 11.7 Å². The molecule has 0 saturated carbocycles. The number of anilines is 1. The van der Waals surface area contributed by atoms with Crippen LogP contribution in [0.4, 0.5) is 5.69 Å². The number of carboxylic acids is 1. The molecule has 1 aliphatic rings. The summed E-state index contributed by atoms with van der Waals surface area (Å²) >= 11 is 0. The molecule has 0 aromatic heterocycles. The first kappa shape index (κ1) is 14.2. The number of Topliss-reactive ketones (excluding diaryl/α,β-unsaturated/α-hetero) is 1. The lowest BCUT2D eigenvalue weighted by Gasteiger charge is -2.19. The third kappa shape index (κ3) is 2.55. The molecule has 2 N–H and O–H groups in total. The van der Waals surface area contributed by atoms with Crippen molar-refractivity contribution in [2.75, 3.05) is 11.4 Å². The maximum Gasteiger partial charge on any atom is 0.306 e. The molecule has 1 unspecified atom stereocenters. The zero-order valence-electron chi connectivity index (χ0n) is 11.0. The van der Waals surface area contributed by atoms with Gasteiger partial charge in [-0.3, -0.25) is 14.4 Å². The van der Waals surface area contributed by atoms with E-state index in [4.69, 9.17) is 5.11 Å². The molecule has 1 amide bonds. The summed E-state index contributed by atoms with van der Waals surface area (Å²) in [7, 11) is 0. The first-order valence-corrected chi connectivity index (χ1v) is 6.33. The molecule has 0 aliphatic carbocycles. The Morgan fingerprint density at radius 3 is 2.65 bits per heavy atom. The van der Waals surface area contributed by atoms with Crippen LogP contribution in [0.3, 0.4) is 0 Å². The van der Waals surface area contributed by atoms with E-state index in [9.17, 15) is 19.5 Å². The van der Waals surface area contributed by atoms with Crippen molar-refractivity contribution in [2.24, 2.45) is 0 Å². The topological polar surface area (TPSA) is 94.9 Å². The van der Waals surface area contributed by atoms with Gasteiger partial charge in [0, 0.05) is 0 Å².